The van der Waals surface area contributed by atoms with Crippen LogP contribution in [-0.4, -0.2) is 13.1 Å². The molecule has 0 aliphatic rings. The molecule has 0 aliphatic carbocycles. The Kier molecular flexibility index (Phi) is 3.18. The average Bonchev–Trinajstić information content (AvgIpc) is 2.17. The van der Waals surface area contributed by atoms with Gasteiger partial charge >= 0.3 is 0 Å². The van der Waals surface area contributed by atoms with Gasteiger partial charge in [0.2, 0.25) is 0 Å². The van der Waals surface area contributed by atoms with Crippen LogP contribution >= 0.6 is 0 Å². The van der Waals surface area contributed by atoms with Gasteiger partial charge in [-0.2, -0.15) is 0 Å². The first-order valence-corrected chi connectivity index (χ1v) is 4.73. The SMILES string of the molecule is CCC(C)N(C)c1ccc(N)cc1. The molecule has 0 saturated heterocycles. The molecule has 2 nitrogen and oxygen atoms in total. The highest BCUT2D eigenvalue weighted by molar-refractivity contribution is 5.53. The van der Waals surface area contributed by atoms with E-state index in [0.717, 1.165) is 12.1 Å². The van der Waals surface area contributed by atoms with E-state index in [4.69, 9.17) is 5.73 Å². The van der Waals surface area contributed by atoms with Gasteiger partial charge in [0.1, 0.15) is 0 Å². The van der Waals surface area contributed by atoms with E-state index < -0.39 is 0 Å². The second-order valence-corrected chi connectivity index (χ2v) is 3.46. The van der Waals surface area contributed by atoms with E-state index in [2.05, 4.69) is 37.9 Å². The van der Waals surface area contributed by atoms with Crippen molar-refractivity contribution in [1.82, 2.24) is 0 Å². The molecule has 1 rings (SSSR count). The van der Waals surface area contributed by atoms with Crippen LogP contribution in [0.5, 0.6) is 0 Å². The van der Waals surface area contributed by atoms with Crippen LogP contribution in [0.2, 0.25) is 0 Å². The number of nitrogen functional groups attached to an aromatic ring is 1. The van der Waals surface area contributed by atoms with Crippen molar-refractivity contribution < 1.29 is 0 Å². The minimum atomic E-state index is 0.573. The predicted octanol–water partition coefficient (Wildman–Crippen LogP) is 2.50. The molecule has 0 bridgehead atoms. The normalized spacial score (nSPS) is 12.5. The maximum absolute atomic E-state index is 5.62. The van der Waals surface area contributed by atoms with Gasteiger partial charge < -0.3 is 10.6 Å². The molecule has 0 radical (unpaired) electrons. The van der Waals surface area contributed by atoms with Crippen LogP contribution in [0.25, 0.3) is 0 Å². The molecule has 2 N–H and O–H groups in total. The lowest BCUT2D eigenvalue weighted by molar-refractivity contribution is 0.664. The third-order valence-corrected chi connectivity index (χ3v) is 2.55. The van der Waals surface area contributed by atoms with Crippen molar-refractivity contribution in [3.63, 3.8) is 0 Å². The van der Waals surface area contributed by atoms with E-state index in [1.165, 1.54) is 5.69 Å². The van der Waals surface area contributed by atoms with Gasteiger partial charge in [0, 0.05) is 24.5 Å². The fourth-order valence-corrected chi connectivity index (χ4v) is 1.24. The van der Waals surface area contributed by atoms with Gasteiger partial charge in [-0.3, -0.25) is 0 Å². The number of nitrogens with zero attached hydrogens (tertiary/aromatic N) is 1. The highest BCUT2D eigenvalue weighted by atomic mass is 15.1. The van der Waals surface area contributed by atoms with E-state index in [0.29, 0.717) is 6.04 Å². The standard InChI is InChI=1S/C11H18N2/c1-4-9(2)13(3)11-7-5-10(12)6-8-11/h5-9H,4,12H2,1-3H3. The molecule has 13 heavy (non-hydrogen) atoms. The third-order valence-electron chi connectivity index (χ3n) is 2.55. The van der Waals surface area contributed by atoms with Crippen molar-refractivity contribution in [3.8, 4) is 0 Å². The predicted molar refractivity (Wildman–Crippen MR) is 59.0 cm³/mol. The lowest BCUT2D eigenvalue weighted by atomic mass is 10.2. The molecule has 0 aromatic heterocycles. The average molecular weight is 178 g/mol. The van der Waals surface area contributed by atoms with Crippen LogP contribution in [0.1, 0.15) is 20.3 Å². The number of hydrogen-bond donors (Lipinski definition) is 1. The van der Waals surface area contributed by atoms with Crippen molar-refractivity contribution in [1.29, 1.82) is 0 Å². The second kappa shape index (κ2) is 4.17. The summed E-state index contributed by atoms with van der Waals surface area (Å²) in [4.78, 5) is 2.26. The molecule has 1 atom stereocenters. The second-order valence-electron chi connectivity index (χ2n) is 3.46. The number of anilines is 2. The Morgan fingerprint density at radius 2 is 1.85 bits per heavy atom. The summed E-state index contributed by atoms with van der Waals surface area (Å²) in [5, 5.41) is 0. The zero-order chi connectivity index (χ0) is 9.84. The van der Waals surface area contributed by atoms with Gasteiger partial charge in [0.15, 0.2) is 0 Å². The van der Waals surface area contributed by atoms with Crippen molar-refractivity contribution >= 4 is 11.4 Å². The Balaban J connectivity index is 2.77. The first kappa shape index (κ1) is 9.90. The van der Waals surface area contributed by atoms with E-state index in [1.807, 2.05) is 12.1 Å². The van der Waals surface area contributed by atoms with Crippen LogP contribution in [0.15, 0.2) is 24.3 Å². The molecule has 2 heteroatoms. The summed E-state index contributed by atoms with van der Waals surface area (Å²) in [7, 11) is 2.11. The zero-order valence-corrected chi connectivity index (χ0v) is 8.62. The summed E-state index contributed by atoms with van der Waals surface area (Å²) in [5.74, 6) is 0. The molecular weight excluding hydrogens is 160 g/mol. The number of nitrogens with two attached hydrogens (primary N) is 1. The molecule has 72 valence electrons. The molecule has 0 saturated carbocycles. The van der Waals surface area contributed by atoms with E-state index >= 15 is 0 Å². The Morgan fingerprint density at radius 3 is 2.31 bits per heavy atom. The summed E-state index contributed by atoms with van der Waals surface area (Å²) >= 11 is 0. The first-order valence-electron chi connectivity index (χ1n) is 4.73. The fourth-order valence-electron chi connectivity index (χ4n) is 1.24. The van der Waals surface area contributed by atoms with E-state index in [1.54, 1.807) is 0 Å². The molecule has 1 unspecified atom stereocenters. The lowest BCUT2D eigenvalue weighted by Gasteiger charge is -2.26. The summed E-state index contributed by atoms with van der Waals surface area (Å²) in [5.41, 5.74) is 7.66. The molecule has 0 fully saturated rings. The molecule has 0 spiro atoms. The van der Waals surface area contributed by atoms with Crippen molar-refractivity contribution in [2.75, 3.05) is 17.7 Å². The topological polar surface area (TPSA) is 29.3 Å². The largest absolute Gasteiger partial charge is 0.399 e. The smallest absolute Gasteiger partial charge is 0.0367 e. The third kappa shape index (κ3) is 2.38. The van der Waals surface area contributed by atoms with Gasteiger partial charge in [-0.25, -0.2) is 0 Å². The number of hydrogen-bond acceptors (Lipinski definition) is 2. The van der Waals surface area contributed by atoms with Crippen molar-refractivity contribution in [3.05, 3.63) is 24.3 Å². The minimum absolute atomic E-state index is 0.573. The molecule has 0 aliphatic heterocycles. The first-order chi connectivity index (χ1) is 6.15. The highest BCUT2D eigenvalue weighted by Gasteiger charge is 2.06. The van der Waals surface area contributed by atoms with Gasteiger partial charge in [0.05, 0.1) is 0 Å². The van der Waals surface area contributed by atoms with Crippen LogP contribution in [0.3, 0.4) is 0 Å². The van der Waals surface area contributed by atoms with Crippen molar-refractivity contribution in [2.24, 2.45) is 0 Å². The van der Waals surface area contributed by atoms with Crippen LogP contribution in [0.4, 0.5) is 11.4 Å². The van der Waals surface area contributed by atoms with E-state index in [-0.39, 0.29) is 0 Å². The lowest BCUT2D eigenvalue weighted by Crippen LogP contribution is -2.27. The maximum Gasteiger partial charge on any atom is 0.0367 e. The Labute approximate surface area is 80.4 Å². The number of benzene rings is 1. The maximum atomic E-state index is 5.62. The van der Waals surface area contributed by atoms with Crippen molar-refractivity contribution in [2.45, 2.75) is 26.3 Å². The molecule has 0 amide bonds. The summed E-state index contributed by atoms with van der Waals surface area (Å²) < 4.78 is 0. The Hall–Kier alpha value is -1.18. The zero-order valence-electron chi connectivity index (χ0n) is 8.62. The Morgan fingerprint density at radius 1 is 1.31 bits per heavy atom. The molecular formula is C11H18N2. The quantitative estimate of drug-likeness (QED) is 0.720. The highest BCUT2D eigenvalue weighted by Crippen LogP contribution is 2.17. The van der Waals surface area contributed by atoms with Crippen LogP contribution < -0.4 is 10.6 Å². The van der Waals surface area contributed by atoms with E-state index in [9.17, 15) is 0 Å². The minimum Gasteiger partial charge on any atom is -0.399 e. The Bertz CT molecular complexity index is 253. The van der Waals surface area contributed by atoms with Gasteiger partial charge in [-0.05, 0) is 37.6 Å². The summed E-state index contributed by atoms with van der Waals surface area (Å²) in [6.45, 7) is 4.41. The van der Waals surface area contributed by atoms with Gasteiger partial charge in [0.25, 0.3) is 0 Å². The number of rotatable bonds is 3. The molecule has 0 heterocycles. The molecule has 1 aromatic rings. The van der Waals surface area contributed by atoms with Crippen LogP contribution in [-0.2, 0) is 0 Å². The van der Waals surface area contributed by atoms with Gasteiger partial charge in [-0.1, -0.05) is 6.92 Å². The molecule has 1 aromatic carbocycles. The van der Waals surface area contributed by atoms with Gasteiger partial charge in [-0.15, -0.1) is 0 Å². The fraction of sp³-hybridized carbons (Fsp3) is 0.455. The summed E-state index contributed by atoms with van der Waals surface area (Å²) in [6, 6.07) is 8.56. The summed E-state index contributed by atoms with van der Waals surface area (Å²) in [6.07, 6.45) is 1.15. The van der Waals surface area contributed by atoms with Crippen LogP contribution in [0, 0.1) is 0 Å². The monoisotopic (exact) mass is 178 g/mol.